The van der Waals surface area contributed by atoms with E-state index in [1.165, 1.54) is 15.0 Å². The van der Waals surface area contributed by atoms with Gasteiger partial charge in [0, 0.05) is 4.88 Å². The summed E-state index contributed by atoms with van der Waals surface area (Å²) in [5.41, 5.74) is 2.90. The van der Waals surface area contributed by atoms with Crippen molar-refractivity contribution in [2.75, 3.05) is 0 Å². The van der Waals surface area contributed by atoms with Gasteiger partial charge in [-0.1, -0.05) is 29.8 Å². The van der Waals surface area contributed by atoms with Gasteiger partial charge in [-0.2, -0.15) is 0 Å². The molecule has 0 saturated heterocycles. The molecule has 0 spiro atoms. The second kappa shape index (κ2) is 7.19. The molecule has 1 aromatic carbocycles. The van der Waals surface area contributed by atoms with Gasteiger partial charge in [0.05, 0.1) is 24.7 Å². The Morgan fingerprint density at radius 2 is 1.79 bits per heavy atom. The molecular formula is C23H22N2O3S. The minimum Gasteiger partial charge on any atom is -0.467 e. The molecule has 0 radical (unpaired) electrons. The van der Waals surface area contributed by atoms with Gasteiger partial charge in [0.25, 0.3) is 5.56 Å². The third-order valence-corrected chi connectivity index (χ3v) is 6.99. The highest BCUT2D eigenvalue weighted by Crippen LogP contribution is 2.34. The highest BCUT2D eigenvalue weighted by Gasteiger charge is 2.24. The van der Waals surface area contributed by atoms with Gasteiger partial charge in [-0.3, -0.25) is 13.9 Å². The van der Waals surface area contributed by atoms with Crippen LogP contribution in [0.2, 0.25) is 0 Å². The minimum atomic E-state index is -0.280. The highest BCUT2D eigenvalue weighted by atomic mass is 32.1. The predicted molar refractivity (Wildman–Crippen MR) is 115 cm³/mol. The fourth-order valence-electron chi connectivity index (χ4n) is 4.13. The van der Waals surface area contributed by atoms with E-state index in [0.29, 0.717) is 12.3 Å². The quantitative estimate of drug-likeness (QED) is 0.513. The molecule has 1 aliphatic carbocycles. The third-order valence-electron chi connectivity index (χ3n) is 5.67. The molecular weight excluding hydrogens is 384 g/mol. The molecule has 1 aliphatic rings. The Bertz CT molecular complexity index is 1290. The van der Waals surface area contributed by atoms with Crippen molar-refractivity contribution in [1.82, 2.24) is 9.13 Å². The normalized spacial score (nSPS) is 13.7. The first kappa shape index (κ1) is 18.2. The highest BCUT2D eigenvalue weighted by molar-refractivity contribution is 7.18. The zero-order chi connectivity index (χ0) is 20.0. The standard InChI is InChI=1S/C23H22N2O3S/c1-15-8-10-16(11-9-15)13-25-22-20(18-6-2-3-7-19(18)29-22)21(26)24(23(25)27)14-17-5-4-12-28-17/h4-5,8-12H,2-3,6-7,13-14H2,1H3. The smallest absolute Gasteiger partial charge is 0.332 e. The van der Waals surface area contributed by atoms with E-state index in [-0.39, 0.29) is 17.8 Å². The number of aryl methyl sites for hydroxylation is 3. The van der Waals surface area contributed by atoms with Crippen LogP contribution in [-0.2, 0) is 25.9 Å². The average Bonchev–Trinajstić information content (AvgIpc) is 3.37. The second-order valence-electron chi connectivity index (χ2n) is 7.72. The van der Waals surface area contributed by atoms with Crippen LogP contribution in [0.15, 0.2) is 56.7 Å². The van der Waals surface area contributed by atoms with E-state index in [1.54, 1.807) is 34.3 Å². The summed E-state index contributed by atoms with van der Waals surface area (Å²) >= 11 is 1.62. The number of nitrogens with zero attached hydrogens (tertiary/aromatic N) is 2. The summed E-state index contributed by atoms with van der Waals surface area (Å²) in [6, 6.07) is 11.8. The van der Waals surface area contributed by atoms with Gasteiger partial charge < -0.3 is 4.42 Å². The van der Waals surface area contributed by atoms with E-state index in [2.05, 4.69) is 12.1 Å². The first-order chi connectivity index (χ1) is 14.1. The van der Waals surface area contributed by atoms with E-state index in [4.69, 9.17) is 4.42 Å². The molecule has 3 aromatic heterocycles. The van der Waals surface area contributed by atoms with E-state index < -0.39 is 0 Å². The van der Waals surface area contributed by atoms with E-state index in [0.717, 1.165) is 47.0 Å². The van der Waals surface area contributed by atoms with Crippen molar-refractivity contribution in [2.24, 2.45) is 0 Å². The zero-order valence-corrected chi connectivity index (χ0v) is 17.1. The van der Waals surface area contributed by atoms with Crippen molar-refractivity contribution in [3.8, 4) is 0 Å². The summed E-state index contributed by atoms with van der Waals surface area (Å²) < 4.78 is 8.52. The van der Waals surface area contributed by atoms with Crippen LogP contribution in [0.1, 0.15) is 40.2 Å². The van der Waals surface area contributed by atoms with Gasteiger partial charge in [-0.05, 0) is 55.9 Å². The molecule has 29 heavy (non-hydrogen) atoms. The van der Waals surface area contributed by atoms with Crippen LogP contribution in [0, 0.1) is 6.92 Å². The number of furan rings is 1. The molecule has 4 aromatic rings. The SMILES string of the molecule is Cc1ccc(Cn2c(=O)n(Cc3ccco3)c(=O)c3c4c(sc32)CCCC4)cc1. The van der Waals surface area contributed by atoms with Gasteiger partial charge in [-0.15, -0.1) is 11.3 Å². The lowest BCUT2D eigenvalue weighted by Gasteiger charge is -2.13. The number of rotatable bonds is 4. The zero-order valence-electron chi connectivity index (χ0n) is 16.3. The average molecular weight is 407 g/mol. The maximum absolute atomic E-state index is 13.4. The van der Waals surface area contributed by atoms with Crippen LogP contribution >= 0.6 is 11.3 Å². The van der Waals surface area contributed by atoms with Crippen molar-refractivity contribution in [3.05, 3.63) is 90.8 Å². The molecule has 148 valence electrons. The van der Waals surface area contributed by atoms with Crippen molar-refractivity contribution < 1.29 is 4.42 Å². The second-order valence-corrected chi connectivity index (χ2v) is 8.80. The minimum absolute atomic E-state index is 0.152. The Hall–Kier alpha value is -2.86. The Kier molecular flexibility index (Phi) is 4.51. The summed E-state index contributed by atoms with van der Waals surface area (Å²) in [5, 5.41) is 0.725. The predicted octanol–water partition coefficient (Wildman–Crippen LogP) is 4.10. The molecule has 0 unspecified atom stereocenters. The fourth-order valence-corrected chi connectivity index (χ4v) is 5.50. The van der Waals surface area contributed by atoms with E-state index in [9.17, 15) is 9.59 Å². The van der Waals surface area contributed by atoms with Crippen LogP contribution in [0.3, 0.4) is 0 Å². The Morgan fingerprint density at radius 3 is 2.55 bits per heavy atom. The molecule has 5 rings (SSSR count). The molecule has 0 saturated carbocycles. The summed E-state index contributed by atoms with van der Waals surface area (Å²) in [4.78, 5) is 28.8. The Labute approximate surface area is 171 Å². The molecule has 0 amide bonds. The third kappa shape index (κ3) is 3.17. The van der Waals surface area contributed by atoms with Crippen molar-refractivity contribution in [3.63, 3.8) is 0 Å². The monoisotopic (exact) mass is 406 g/mol. The maximum Gasteiger partial charge on any atom is 0.332 e. The lowest BCUT2D eigenvalue weighted by molar-refractivity contribution is 0.479. The topological polar surface area (TPSA) is 57.1 Å². The van der Waals surface area contributed by atoms with Crippen molar-refractivity contribution in [1.29, 1.82) is 0 Å². The Morgan fingerprint density at radius 1 is 1.00 bits per heavy atom. The van der Waals surface area contributed by atoms with Crippen LogP contribution < -0.4 is 11.2 Å². The van der Waals surface area contributed by atoms with Crippen molar-refractivity contribution >= 4 is 21.6 Å². The lowest BCUT2D eigenvalue weighted by Crippen LogP contribution is -2.40. The summed E-state index contributed by atoms with van der Waals surface area (Å²) in [6.45, 7) is 2.65. The number of fused-ring (bicyclic) bond motifs is 3. The summed E-state index contributed by atoms with van der Waals surface area (Å²) in [5.74, 6) is 0.606. The fraction of sp³-hybridized carbons (Fsp3) is 0.304. The van der Waals surface area contributed by atoms with Crippen LogP contribution in [0.25, 0.3) is 10.2 Å². The lowest BCUT2D eigenvalue weighted by atomic mass is 9.97. The largest absolute Gasteiger partial charge is 0.467 e. The first-order valence-corrected chi connectivity index (χ1v) is 10.8. The van der Waals surface area contributed by atoms with Gasteiger partial charge in [0.2, 0.25) is 0 Å². The molecule has 5 nitrogen and oxygen atoms in total. The Balaban J connectivity index is 1.75. The molecule has 0 bridgehead atoms. The number of benzene rings is 1. The van der Waals surface area contributed by atoms with E-state index >= 15 is 0 Å². The number of hydrogen-bond acceptors (Lipinski definition) is 4. The maximum atomic E-state index is 13.4. The van der Waals surface area contributed by atoms with Gasteiger partial charge >= 0.3 is 5.69 Å². The van der Waals surface area contributed by atoms with Crippen LogP contribution in [-0.4, -0.2) is 9.13 Å². The van der Waals surface area contributed by atoms with Crippen molar-refractivity contribution in [2.45, 2.75) is 45.7 Å². The van der Waals surface area contributed by atoms with Gasteiger partial charge in [-0.25, -0.2) is 4.79 Å². The van der Waals surface area contributed by atoms with Crippen LogP contribution in [0.5, 0.6) is 0 Å². The molecule has 0 atom stereocenters. The first-order valence-electron chi connectivity index (χ1n) is 9.97. The summed E-state index contributed by atoms with van der Waals surface area (Å²) in [6.07, 6.45) is 5.70. The molecule has 0 N–H and O–H groups in total. The number of hydrogen-bond donors (Lipinski definition) is 0. The summed E-state index contributed by atoms with van der Waals surface area (Å²) in [7, 11) is 0. The van der Waals surface area contributed by atoms with Crippen LogP contribution in [0.4, 0.5) is 0 Å². The number of thiophene rings is 1. The number of aromatic nitrogens is 2. The van der Waals surface area contributed by atoms with E-state index in [1.807, 2.05) is 19.1 Å². The molecule has 3 heterocycles. The van der Waals surface area contributed by atoms with Gasteiger partial charge in [0.1, 0.15) is 10.6 Å². The van der Waals surface area contributed by atoms with Gasteiger partial charge in [0.15, 0.2) is 0 Å². The molecule has 0 aliphatic heterocycles. The molecule has 6 heteroatoms. The molecule has 0 fully saturated rings.